The van der Waals surface area contributed by atoms with Crippen molar-refractivity contribution in [3.05, 3.63) is 51.8 Å². The van der Waals surface area contributed by atoms with Crippen molar-refractivity contribution in [3.63, 3.8) is 0 Å². The predicted molar refractivity (Wildman–Crippen MR) is 88.9 cm³/mol. The van der Waals surface area contributed by atoms with Gasteiger partial charge in [-0.2, -0.15) is 5.10 Å². The number of nitrogens with one attached hydrogen (secondary N) is 1. The first kappa shape index (κ1) is 16.1. The first-order valence-electron chi connectivity index (χ1n) is 7.58. The Morgan fingerprint density at radius 2 is 2.05 bits per heavy atom. The third-order valence-electron chi connectivity index (χ3n) is 3.75. The highest BCUT2D eigenvalue weighted by Gasteiger charge is 2.17. The summed E-state index contributed by atoms with van der Waals surface area (Å²) >= 11 is 6.51. The Morgan fingerprint density at radius 1 is 1.29 bits per heavy atom. The van der Waals surface area contributed by atoms with Crippen molar-refractivity contribution >= 4 is 11.6 Å². The lowest BCUT2D eigenvalue weighted by Gasteiger charge is -2.21. The van der Waals surface area contributed by atoms with E-state index in [-0.39, 0.29) is 6.04 Å². The van der Waals surface area contributed by atoms with Gasteiger partial charge in [-0.15, -0.1) is 0 Å². The van der Waals surface area contributed by atoms with Crippen LogP contribution in [0.25, 0.3) is 0 Å². The first-order valence-corrected chi connectivity index (χ1v) is 7.96. The Kier molecular flexibility index (Phi) is 5.43. The van der Waals surface area contributed by atoms with Crippen LogP contribution in [0.15, 0.2) is 24.3 Å². The molecular weight excluding hydrogens is 282 g/mol. The van der Waals surface area contributed by atoms with E-state index in [1.165, 1.54) is 11.3 Å². The van der Waals surface area contributed by atoms with Gasteiger partial charge in [0.2, 0.25) is 0 Å². The molecule has 4 heteroatoms. The zero-order valence-electron chi connectivity index (χ0n) is 13.3. The van der Waals surface area contributed by atoms with E-state index in [1.54, 1.807) is 0 Å². The summed E-state index contributed by atoms with van der Waals surface area (Å²) in [6.45, 7) is 10.1. The Bertz CT molecular complexity index is 604. The van der Waals surface area contributed by atoms with Crippen LogP contribution in [0.1, 0.15) is 42.4 Å². The second-order valence-corrected chi connectivity index (χ2v) is 5.76. The van der Waals surface area contributed by atoms with E-state index < -0.39 is 0 Å². The van der Waals surface area contributed by atoms with E-state index in [1.807, 2.05) is 6.92 Å². The van der Waals surface area contributed by atoms with Crippen molar-refractivity contribution in [3.8, 4) is 0 Å². The van der Waals surface area contributed by atoms with E-state index in [0.717, 1.165) is 35.8 Å². The smallest absolute Gasteiger partial charge is 0.0596 e. The molecule has 1 N–H and O–H groups in total. The molecule has 1 aromatic heterocycles. The maximum Gasteiger partial charge on any atom is 0.0596 e. The van der Waals surface area contributed by atoms with Gasteiger partial charge in [0, 0.05) is 29.7 Å². The van der Waals surface area contributed by atoms with Crippen molar-refractivity contribution in [2.45, 2.75) is 46.7 Å². The molecule has 0 saturated heterocycles. The lowest BCUT2D eigenvalue weighted by atomic mass is 9.99. The standard InChI is InChI=1S/C17H24ClN3/c1-5-19-16(15-9-7-8-12(3)17(15)18)11-14-10-13(4)20-21(14)6-2/h7-10,16,19H,5-6,11H2,1-4H3. The van der Waals surface area contributed by atoms with Gasteiger partial charge in [-0.1, -0.05) is 36.7 Å². The summed E-state index contributed by atoms with van der Waals surface area (Å²) in [6, 6.07) is 8.61. The first-order chi connectivity index (χ1) is 10.1. The molecule has 0 radical (unpaired) electrons. The lowest BCUT2D eigenvalue weighted by Crippen LogP contribution is -2.24. The molecule has 3 nitrogen and oxygen atoms in total. The van der Waals surface area contributed by atoms with E-state index in [2.05, 4.69) is 60.1 Å². The second-order valence-electron chi connectivity index (χ2n) is 5.39. The summed E-state index contributed by atoms with van der Waals surface area (Å²) < 4.78 is 2.07. The average molecular weight is 306 g/mol. The Hall–Kier alpha value is -1.32. The van der Waals surface area contributed by atoms with Crippen LogP contribution in [-0.2, 0) is 13.0 Å². The fourth-order valence-corrected chi connectivity index (χ4v) is 2.98. The largest absolute Gasteiger partial charge is 0.310 e. The van der Waals surface area contributed by atoms with Crippen LogP contribution in [0.2, 0.25) is 5.02 Å². The second kappa shape index (κ2) is 7.10. The fourth-order valence-electron chi connectivity index (χ4n) is 2.72. The number of hydrogen-bond donors (Lipinski definition) is 1. The molecule has 0 fully saturated rings. The van der Waals surface area contributed by atoms with Crippen molar-refractivity contribution in [2.24, 2.45) is 0 Å². The molecule has 0 amide bonds. The number of likely N-dealkylation sites (N-methyl/N-ethyl adjacent to an activating group) is 1. The number of aryl methyl sites for hydroxylation is 3. The number of benzene rings is 1. The van der Waals surface area contributed by atoms with Crippen LogP contribution in [0.3, 0.4) is 0 Å². The fraction of sp³-hybridized carbons (Fsp3) is 0.471. The van der Waals surface area contributed by atoms with Gasteiger partial charge in [0.15, 0.2) is 0 Å². The minimum atomic E-state index is 0.212. The normalized spacial score (nSPS) is 12.6. The number of rotatable bonds is 6. The summed E-state index contributed by atoms with van der Waals surface area (Å²) in [5.74, 6) is 0. The van der Waals surface area contributed by atoms with Crippen LogP contribution < -0.4 is 5.32 Å². The highest BCUT2D eigenvalue weighted by molar-refractivity contribution is 6.32. The zero-order chi connectivity index (χ0) is 15.4. The molecular formula is C17H24ClN3. The molecule has 0 aliphatic heterocycles. The highest BCUT2D eigenvalue weighted by atomic mass is 35.5. The SMILES string of the molecule is CCNC(Cc1cc(C)nn1CC)c1cccc(C)c1Cl. The molecule has 1 atom stereocenters. The molecule has 0 saturated carbocycles. The lowest BCUT2D eigenvalue weighted by molar-refractivity contribution is 0.516. The molecule has 0 aliphatic carbocycles. The zero-order valence-corrected chi connectivity index (χ0v) is 14.0. The molecule has 0 bridgehead atoms. The van der Waals surface area contributed by atoms with Gasteiger partial charge in [0.1, 0.15) is 0 Å². The molecule has 2 rings (SSSR count). The van der Waals surface area contributed by atoms with Crippen LogP contribution in [0.4, 0.5) is 0 Å². The van der Waals surface area contributed by atoms with Crippen LogP contribution in [-0.4, -0.2) is 16.3 Å². The molecule has 1 aromatic carbocycles. The molecule has 114 valence electrons. The summed E-state index contributed by atoms with van der Waals surface area (Å²) in [7, 11) is 0. The third kappa shape index (κ3) is 3.66. The van der Waals surface area contributed by atoms with Crippen LogP contribution >= 0.6 is 11.6 Å². The number of nitrogens with zero attached hydrogens (tertiary/aromatic N) is 2. The molecule has 2 aromatic rings. The Labute approximate surface area is 132 Å². The topological polar surface area (TPSA) is 29.9 Å². The summed E-state index contributed by atoms with van der Waals surface area (Å²) in [5.41, 5.74) is 4.60. The van der Waals surface area contributed by atoms with Gasteiger partial charge in [-0.3, -0.25) is 4.68 Å². The maximum absolute atomic E-state index is 6.51. The van der Waals surface area contributed by atoms with Gasteiger partial charge in [0.05, 0.1) is 5.69 Å². The van der Waals surface area contributed by atoms with Gasteiger partial charge in [-0.25, -0.2) is 0 Å². The minimum absolute atomic E-state index is 0.212. The maximum atomic E-state index is 6.51. The molecule has 1 unspecified atom stereocenters. The molecule has 0 spiro atoms. The monoisotopic (exact) mass is 305 g/mol. The van der Waals surface area contributed by atoms with E-state index >= 15 is 0 Å². The average Bonchev–Trinajstić information content (AvgIpc) is 2.81. The summed E-state index contributed by atoms with van der Waals surface area (Å²) in [6.07, 6.45) is 0.895. The van der Waals surface area contributed by atoms with E-state index in [0.29, 0.717) is 0 Å². The Balaban J connectivity index is 2.33. The molecule has 21 heavy (non-hydrogen) atoms. The number of hydrogen-bond acceptors (Lipinski definition) is 2. The highest BCUT2D eigenvalue weighted by Crippen LogP contribution is 2.28. The summed E-state index contributed by atoms with van der Waals surface area (Å²) in [4.78, 5) is 0. The predicted octanol–water partition coefficient (Wildman–Crippen LogP) is 4.07. The van der Waals surface area contributed by atoms with Gasteiger partial charge in [-0.05, 0) is 44.5 Å². The van der Waals surface area contributed by atoms with Gasteiger partial charge in [0.25, 0.3) is 0 Å². The van der Waals surface area contributed by atoms with Crippen molar-refractivity contribution in [1.29, 1.82) is 0 Å². The molecule has 1 heterocycles. The minimum Gasteiger partial charge on any atom is -0.310 e. The van der Waals surface area contributed by atoms with Crippen molar-refractivity contribution < 1.29 is 0 Å². The van der Waals surface area contributed by atoms with Gasteiger partial charge < -0.3 is 5.32 Å². The van der Waals surface area contributed by atoms with Gasteiger partial charge >= 0.3 is 0 Å². The number of halogens is 1. The number of aromatic nitrogens is 2. The van der Waals surface area contributed by atoms with Crippen molar-refractivity contribution in [1.82, 2.24) is 15.1 Å². The third-order valence-corrected chi connectivity index (χ3v) is 4.26. The quantitative estimate of drug-likeness (QED) is 0.872. The van der Waals surface area contributed by atoms with Crippen molar-refractivity contribution in [2.75, 3.05) is 6.54 Å². The van der Waals surface area contributed by atoms with E-state index in [9.17, 15) is 0 Å². The van der Waals surface area contributed by atoms with Crippen LogP contribution in [0, 0.1) is 13.8 Å². The van der Waals surface area contributed by atoms with Crippen LogP contribution in [0.5, 0.6) is 0 Å². The Morgan fingerprint density at radius 3 is 2.71 bits per heavy atom. The molecule has 0 aliphatic rings. The van der Waals surface area contributed by atoms with E-state index in [4.69, 9.17) is 11.6 Å². The summed E-state index contributed by atoms with van der Waals surface area (Å²) in [5, 5.41) is 8.95.